The van der Waals surface area contributed by atoms with Crippen LogP contribution in [0.4, 0.5) is 5.69 Å². The first kappa shape index (κ1) is 14.5. The number of hydrogen-bond acceptors (Lipinski definition) is 2. The van der Waals surface area contributed by atoms with E-state index in [1.165, 1.54) is 19.3 Å². The Hall–Kier alpha value is -0.930. The number of nitrogens with zero attached hydrogens (tertiary/aromatic N) is 1. The van der Waals surface area contributed by atoms with Crippen LogP contribution in [0.3, 0.4) is 0 Å². The van der Waals surface area contributed by atoms with Crippen LogP contribution in [0.2, 0.25) is 10.0 Å². The van der Waals surface area contributed by atoms with E-state index in [0.717, 1.165) is 6.54 Å². The molecule has 5 heteroatoms. The van der Waals surface area contributed by atoms with Gasteiger partial charge in [0.25, 0.3) is 5.91 Å². The quantitative estimate of drug-likeness (QED) is 0.859. The summed E-state index contributed by atoms with van der Waals surface area (Å²) in [5, 5.41) is 0.630. The second-order valence-corrected chi connectivity index (χ2v) is 5.79. The van der Waals surface area contributed by atoms with Crippen LogP contribution in [0, 0.1) is 5.92 Å². The lowest BCUT2D eigenvalue weighted by atomic mass is 9.85. The normalized spacial score (nSPS) is 15.1. The molecule has 1 aliphatic carbocycles. The van der Waals surface area contributed by atoms with E-state index in [0.29, 0.717) is 33.8 Å². The van der Waals surface area contributed by atoms with E-state index in [1.807, 2.05) is 11.8 Å². The maximum atomic E-state index is 12.4. The maximum Gasteiger partial charge on any atom is 0.253 e. The smallest absolute Gasteiger partial charge is 0.253 e. The first-order chi connectivity index (χ1) is 9.02. The molecule has 0 aromatic heterocycles. The summed E-state index contributed by atoms with van der Waals surface area (Å²) in [6.45, 7) is 3.49. The average molecular weight is 301 g/mol. The van der Waals surface area contributed by atoms with Crippen molar-refractivity contribution in [3.05, 3.63) is 27.7 Å². The van der Waals surface area contributed by atoms with Crippen molar-refractivity contribution in [1.82, 2.24) is 4.90 Å². The second kappa shape index (κ2) is 6.02. The fourth-order valence-electron chi connectivity index (χ4n) is 2.26. The standard InChI is InChI=1S/C14H18Cl2N2O/c1-2-18(8-9-4-3-5-9)14(19)10-6-11(15)13(16)12(17)7-10/h6-7,9H,2-5,8,17H2,1H3. The van der Waals surface area contributed by atoms with Gasteiger partial charge in [-0.3, -0.25) is 4.79 Å². The lowest BCUT2D eigenvalue weighted by Crippen LogP contribution is -2.37. The number of rotatable bonds is 4. The van der Waals surface area contributed by atoms with E-state index in [1.54, 1.807) is 12.1 Å². The Labute approximate surface area is 123 Å². The summed E-state index contributed by atoms with van der Waals surface area (Å²) in [6, 6.07) is 3.19. The Morgan fingerprint density at radius 1 is 1.42 bits per heavy atom. The SMILES string of the molecule is CCN(CC1CCC1)C(=O)c1cc(N)c(Cl)c(Cl)c1. The molecule has 3 nitrogen and oxygen atoms in total. The zero-order valence-corrected chi connectivity index (χ0v) is 12.5. The predicted molar refractivity (Wildman–Crippen MR) is 79.8 cm³/mol. The van der Waals surface area contributed by atoms with Crippen molar-refractivity contribution in [1.29, 1.82) is 0 Å². The highest BCUT2D eigenvalue weighted by atomic mass is 35.5. The number of amides is 1. The molecule has 0 spiro atoms. The molecule has 2 N–H and O–H groups in total. The molecule has 0 heterocycles. The third kappa shape index (κ3) is 3.15. The van der Waals surface area contributed by atoms with Gasteiger partial charge in [0.15, 0.2) is 0 Å². The summed E-state index contributed by atoms with van der Waals surface area (Å²) >= 11 is 11.9. The topological polar surface area (TPSA) is 46.3 Å². The van der Waals surface area contributed by atoms with Gasteiger partial charge in [-0.05, 0) is 37.8 Å². The summed E-state index contributed by atoms with van der Waals surface area (Å²) in [7, 11) is 0. The van der Waals surface area contributed by atoms with Gasteiger partial charge in [-0.25, -0.2) is 0 Å². The van der Waals surface area contributed by atoms with Crippen LogP contribution in [0.15, 0.2) is 12.1 Å². The van der Waals surface area contributed by atoms with Gasteiger partial charge in [0.1, 0.15) is 0 Å². The van der Waals surface area contributed by atoms with Gasteiger partial charge in [0, 0.05) is 18.7 Å². The highest BCUT2D eigenvalue weighted by molar-refractivity contribution is 6.43. The van der Waals surface area contributed by atoms with Crippen molar-refractivity contribution in [3.8, 4) is 0 Å². The van der Waals surface area contributed by atoms with Crippen molar-refractivity contribution in [2.24, 2.45) is 5.92 Å². The molecule has 0 atom stereocenters. The summed E-state index contributed by atoms with van der Waals surface area (Å²) in [4.78, 5) is 14.3. The first-order valence-electron chi connectivity index (χ1n) is 6.56. The third-order valence-corrected chi connectivity index (χ3v) is 4.49. The van der Waals surface area contributed by atoms with Gasteiger partial charge >= 0.3 is 0 Å². The maximum absolute atomic E-state index is 12.4. The second-order valence-electron chi connectivity index (χ2n) is 5.00. The number of halogens is 2. The Morgan fingerprint density at radius 2 is 2.11 bits per heavy atom. The van der Waals surface area contributed by atoms with E-state index in [9.17, 15) is 4.79 Å². The Balaban J connectivity index is 2.16. The number of nitrogen functional groups attached to an aromatic ring is 1. The molecule has 0 unspecified atom stereocenters. The molecule has 0 aliphatic heterocycles. The van der Waals surface area contributed by atoms with Crippen LogP contribution in [0.25, 0.3) is 0 Å². The molecule has 2 rings (SSSR count). The van der Waals surface area contributed by atoms with Gasteiger partial charge < -0.3 is 10.6 Å². The van der Waals surface area contributed by atoms with Crippen LogP contribution < -0.4 is 5.73 Å². The highest BCUT2D eigenvalue weighted by Gasteiger charge is 2.24. The molecule has 1 saturated carbocycles. The minimum atomic E-state index is -0.0281. The number of carbonyl (C=O) groups excluding carboxylic acids is 1. The van der Waals surface area contributed by atoms with E-state index in [2.05, 4.69) is 0 Å². The minimum absolute atomic E-state index is 0.0281. The van der Waals surface area contributed by atoms with Gasteiger partial charge in [0.2, 0.25) is 0 Å². The van der Waals surface area contributed by atoms with Crippen LogP contribution in [0.1, 0.15) is 36.5 Å². The summed E-state index contributed by atoms with van der Waals surface area (Å²) in [5.74, 6) is 0.615. The van der Waals surface area contributed by atoms with E-state index < -0.39 is 0 Å². The van der Waals surface area contributed by atoms with Crippen molar-refractivity contribution < 1.29 is 4.79 Å². The van der Waals surface area contributed by atoms with Crippen LogP contribution in [-0.4, -0.2) is 23.9 Å². The Kier molecular flexibility index (Phi) is 4.58. The largest absolute Gasteiger partial charge is 0.397 e. The van der Waals surface area contributed by atoms with Gasteiger partial charge in [-0.1, -0.05) is 29.6 Å². The number of carbonyl (C=O) groups is 1. The van der Waals surface area contributed by atoms with Crippen molar-refractivity contribution in [2.75, 3.05) is 18.8 Å². The number of nitrogens with two attached hydrogens (primary N) is 1. The minimum Gasteiger partial charge on any atom is -0.397 e. The lowest BCUT2D eigenvalue weighted by molar-refractivity contribution is 0.0706. The summed E-state index contributed by atoms with van der Waals surface area (Å²) in [5.41, 5.74) is 6.60. The molecule has 19 heavy (non-hydrogen) atoms. The molecule has 104 valence electrons. The first-order valence-corrected chi connectivity index (χ1v) is 7.32. The fraction of sp³-hybridized carbons (Fsp3) is 0.500. The zero-order chi connectivity index (χ0) is 14.0. The van der Waals surface area contributed by atoms with Crippen LogP contribution >= 0.6 is 23.2 Å². The van der Waals surface area contributed by atoms with Crippen molar-refractivity contribution in [3.63, 3.8) is 0 Å². The number of hydrogen-bond donors (Lipinski definition) is 1. The Bertz CT molecular complexity index is 463. The van der Waals surface area contributed by atoms with E-state index in [-0.39, 0.29) is 5.91 Å². The van der Waals surface area contributed by atoms with Gasteiger partial charge in [-0.2, -0.15) is 0 Å². The highest BCUT2D eigenvalue weighted by Crippen LogP contribution is 2.31. The molecular formula is C14H18Cl2N2O. The molecule has 1 aliphatic rings. The van der Waals surface area contributed by atoms with Crippen molar-refractivity contribution >= 4 is 34.8 Å². The molecule has 1 aromatic carbocycles. The monoisotopic (exact) mass is 300 g/mol. The molecule has 0 saturated heterocycles. The lowest BCUT2D eigenvalue weighted by Gasteiger charge is -2.32. The molecule has 1 fully saturated rings. The van der Waals surface area contributed by atoms with Crippen molar-refractivity contribution in [2.45, 2.75) is 26.2 Å². The number of benzene rings is 1. The fourth-order valence-corrected chi connectivity index (χ4v) is 2.59. The predicted octanol–water partition coefficient (Wildman–Crippen LogP) is 3.84. The van der Waals surface area contributed by atoms with Gasteiger partial charge in [-0.15, -0.1) is 0 Å². The zero-order valence-electron chi connectivity index (χ0n) is 11.0. The average Bonchev–Trinajstić information content (AvgIpc) is 2.33. The summed E-state index contributed by atoms with van der Waals surface area (Å²) in [6.07, 6.45) is 3.71. The molecule has 0 radical (unpaired) electrons. The molecular weight excluding hydrogens is 283 g/mol. The van der Waals surface area contributed by atoms with Gasteiger partial charge in [0.05, 0.1) is 15.7 Å². The van der Waals surface area contributed by atoms with E-state index in [4.69, 9.17) is 28.9 Å². The summed E-state index contributed by atoms with van der Waals surface area (Å²) < 4.78 is 0. The molecule has 0 bridgehead atoms. The third-order valence-electron chi connectivity index (χ3n) is 3.68. The van der Waals surface area contributed by atoms with Crippen LogP contribution in [0.5, 0.6) is 0 Å². The van der Waals surface area contributed by atoms with E-state index >= 15 is 0 Å². The molecule has 1 aromatic rings. The Morgan fingerprint density at radius 3 is 2.58 bits per heavy atom. The number of anilines is 1. The molecule has 1 amide bonds. The van der Waals surface area contributed by atoms with Crippen LogP contribution in [-0.2, 0) is 0 Å².